The lowest BCUT2D eigenvalue weighted by Crippen LogP contribution is -2.26. The average molecular weight is 488 g/mol. The smallest absolute Gasteiger partial charge is 0.266 e. The summed E-state index contributed by atoms with van der Waals surface area (Å²) in [6, 6.07) is 7.81. The minimum absolute atomic E-state index is 0.00141. The zero-order valence-electron chi connectivity index (χ0n) is 17.4. The van der Waals surface area contributed by atoms with Crippen molar-refractivity contribution in [3.63, 3.8) is 0 Å². The second-order valence-electron chi connectivity index (χ2n) is 8.08. The number of halogens is 3. The number of rotatable bonds is 7. The molecule has 170 valence electrons. The number of aliphatic hydroxyl groups is 1. The monoisotopic (exact) mass is 487 g/mol. The molecule has 1 aliphatic rings. The zero-order chi connectivity index (χ0) is 23.1. The maximum Gasteiger partial charge on any atom is 0.266 e. The second kappa shape index (κ2) is 8.78. The first-order valence-electron chi connectivity index (χ1n) is 10.5. The Balaban J connectivity index is 1.51. The van der Waals surface area contributed by atoms with Crippen LogP contribution >= 0.6 is 23.2 Å². The summed E-state index contributed by atoms with van der Waals surface area (Å²) in [5.74, 6) is 0.511. The van der Waals surface area contributed by atoms with Crippen molar-refractivity contribution in [2.45, 2.75) is 25.4 Å². The van der Waals surface area contributed by atoms with Gasteiger partial charge in [0.15, 0.2) is 0 Å². The summed E-state index contributed by atoms with van der Waals surface area (Å²) in [5.41, 5.74) is 0.986. The quantitative estimate of drug-likeness (QED) is 0.406. The van der Waals surface area contributed by atoms with E-state index in [-0.39, 0.29) is 24.8 Å². The number of fused-ring (bicyclic) bond motifs is 1. The SMILES string of the molecule is O=c1c2cnn(Cc3c(F)cccc3Cl)c2ccn1-c1cc(N[C@H](CO)C2CC2)ncc1Cl. The second-order valence-corrected chi connectivity index (χ2v) is 8.90. The van der Waals surface area contributed by atoms with Crippen LogP contribution < -0.4 is 10.9 Å². The van der Waals surface area contributed by atoms with E-state index in [2.05, 4.69) is 15.4 Å². The maximum absolute atomic E-state index is 14.2. The molecule has 4 aromatic rings. The lowest BCUT2D eigenvalue weighted by Gasteiger charge is -2.17. The first-order chi connectivity index (χ1) is 16.0. The van der Waals surface area contributed by atoms with Crippen LogP contribution in [-0.2, 0) is 6.54 Å². The molecule has 1 fully saturated rings. The molecule has 0 amide bonds. The summed E-state index contributed by atoms with van der Waals surface area (Å²) in [6.45, 7) is 0.0910. The Bertz CT molecular complexity index is 1380. The van der Waals surface area contributed by atoms with Gasteiger partial charge in [0, 0.05) is 22.8 Å². The molecule has 0 bridgehead atoms. The number of hydrogen-bond donors (Lipinski definition) is 2. The van der Waals surface area contributed by atoms with Crippen LogP contribution in [0.15, 0.2) is 53.7 Å². The van der Waals surface area contributed by atoms with E-state index in [9.17, 15) is 14.3 Å². The molecule has 7 nitrogen and oxygen atoms in total. The van der Waals surface area contributed by atoms with Crippen LogP contribution in [0.1, 0.15) is 18.4 Å². The van der Waals surface area contributed by atoms with Gasteiger partial charge >= 0.3 is 0 Å². The number of benzene rings is 1. The fourth-order valence-electron chi connectivity index (χ4n) is 3.92. The van der Waals surface area contributed by atoms with E-state index >= 15 is 0 Å². The Labute approximate surface area is 198 Å². The maximum atomic E-state index is 14.2. The fraction of sp³-hybridized carbons (Fsp3) is 0.261. The lowest BCUT2D eigenvalue weighted by molar-refractivity contribution is 0.263. The van der Waals surface area contributed by atoms with E-state index in [0.717, 1.165) is 12.8 Å². The van der Waals surface area contributed by atoms with Gasteiger partial charge in [0.2, 0.25) is 0 Å². The van der Waals surface area contributed by atoms with E-state index < -0.39 is 5.82 Å². The Kier molecular flexibility index (Phi) is 5.82. The van der Waals surface area contributed by atoms with Gasteiger partial charge in [0.25, 0.3) is 5.56 Å². The first kappa shape index (κ1) is 21.9. The Hall–Kier alpha value is -2.94. The van der Waals surface area contributed by atoms with Gasteiger partial charge in [-0.2, -0.15) is 5.10 Å². The summed E-state index contributed by atoms with van der Waals surface area (Å²) in [6.07, 6.45) is 6.65. The number of aromatic nitrogens is 4. The van der Waals surface area contributed by atoms with Crippen molar-refractivity contribution in [1.82, 2.24) is 19.3 Å². The molecule has 0 unspecified atom stereocenters. The molecule has 3 aromatic heterocycles. The van der Waals surface area contributed by atoms with Crippen LogP contribution in [0.4, 0.5) is 10.2 Å². The minimum Gasteiger partial charge on any atom is -0.394 e. The van der Waals surface area contributed by atoms with Crippen LogP contribution in [0.25, 0.3) is 16.6 Å². The number of anilines is 1. The van der Waals surface area contributed by atoms with Crippen molar-refractivity contribution in [1.29, 1.82) is 0 Å². The molecule has 0 saturated heterocycles. The van der Waals surface area contributed by atoms with Crippen molar-refractivity contribution in [2.75, 3.05) is 11.9 Å². The van der Waals surface area contributed by atoms with Gasteiger partial charge < -0.3 is 10.4 Å². The zero-order valence-corrected chi connectivity index (χ0v) is 18.9. The van der Waals surface area contributed by atoms with Crippen LogP contribution in [0, 0.1) is 11.7 Å². The number of pyridine rings is 2. The standard InChI is InChI=1S/C23H20Cl2FN5O2/c24-16-2-1-3-18(26)15(16)11-31-20-6-7-30(23(33)14(20)9-28-31)21-8-22(27-10-17(21)25)29-19(12-32)13-4-5-13/h1-3,6-10,13,19,32H,4-5,11-12H2,(H,27,29)/t19-/m1/s1. The summed E-state index contributed by atoms with van der Waals surface area (Å²) >= 11 is 12.5. The summed E-state index contributed by atoms with van der Waals surface area (Å²) in [7, 11) is 0. The van der Waals surface area contributed by atoms with Gasteiger partial charge in [0.1, 0.15) is 11.6 Å². The molecule has 1 aliphatic carbocycles. The van der Waals surface area contributed by atoms with E-state index in [4.69, 9.17) is 23.2 Å². The van der Waals surface area contributed by atoms with E-state index in [0.29, 0.717) is 43.9 Å². The van der Waals surface area contributed by atoms with Crippen LogP contribution in [0.5, 0.6) is 0 Å². The highest BCUT2D eigenvalue weighted by molar-refractivity contribution is 6.32. The lowest BCUT2D eigenvalue weighted by atomic mass is 10.2. The van der Waals surface area contributed by atoms with Gasteiger partial charge in [-0.15, -0.1) is 0 Å². The van der Waals surface area contributed by atoms with Gasteiger partial charge in [0.05, 0.1) is 53.2 Å². The van der Waals surface area contributed by atoms with Crippen LogP contribution in [-0.4, -0.2) is 37.1 Å². The fourth-order valence-corrected chi connectivity index (χ4v) is 4.34. The molecule has 0 radical (unpaired) electrons. The highest BCUT2D eigenvalue weighted by Gasteiger charge is 2.31. The third kappa shape index (κ3) is 4.21. The molecular formula is C23H20Cl2FN5O2. The van der Waals surface area contributed by atoms with Crippen LogP contribution in [0.2, 0.25) is 10.0 Å². The van der Waals surface area contributed by atoms with E-state index in [1.54, 1.807) is 24.4 Å². The Morgan fingerprint density at radius 2 is 2.03 bits per heavy atom. The molecule has 1 atom stereocenters. The van der Waals surface area contributed by atoms with Crippen molar-refractivity contribution >= 4 is 39.9 Å². The predicted octanol–water partition coefficient (Wildman–Crippen LogP) is 4.26. The molecule has 3 heterocycles. The number of hydrogen-bond acceptors (Lipinski definition) is 5. The summed E-state index contributed by atoms with van der Waals surface area (Å²) < 4.78 is 17.2. The number of nitrogens with one attached hydrogen (secondary N) is 1. The molecule has 0 spiro atoms. The Morgan fingerprint density at radius 1 is 1.21 bits per heavy atom. The minimum atomic E-state index is -0.435. The van der Waals surface area contributed by atoms with Gasteiger partial charge in [-0.3, -0.25) is 14.0 Å². The van der Waals surface area contributed by atoms with Gasteiger partial charge in [-0.05, 0) is 37.0 Å². The van der Waals surface area contributed by atoms with Gasteiger partial charge in [-0.25, -0.2) is 9.37 Å². The molecule has 0 aliphatic heterocycles. The molecule has 5 rings (SSSR count). The molecule has 2 N–H and O–H groups in total. The van der Waals surface area contributed by atoms with Crippen LogP contribution in [0.3, 0.4) is 0 Å². The molecular weight excluding hydrogens is 468 g/mol. The van der Waals surface area contributed by atoms with Crippen molar-refractivity contribution in [3.8, 4) is 5.69 Å². The van der Waals surface area contributed by atoms with E-state index in [1.807, 2.05) is 0 Å². The molecule has 10 heteroatoms. The molecule has 1 saturated carbocycles. The summed E-state index contributed by atoms with van der Waals surface area (Å²) in [4.78, 5) is 17.5. The molecule has 33 heavy (non-hydrogen) atoms. The molecule has 1 aromatic carbocycles. The van der Waals surface area contributed by atoms with Crippen molar-refractivity contribution < 1.29 is 9.50 Å². The summed E-state index contributed by atoms with van der Waals surface area (Å²) in [5, 5.41) is 18.1. The topological polar surface area (TPSA) is 85.0 Å². The number of nitrogens with zero attached hydrogens (tertiary/aromatic N) is 4. The Morgan fingerprint density at radius 3 is 2.76 bits per heavy atom. The first-order valence-corrected chi connectivity index (χ1v) is 11.2. The average Bonchev–Trinajstić information content (AvgIpc) is 3.56. The number of aliphatic hydroxyl groups excluding tert-OH is 1. The van der Waals surface area contributed by atoms with Crippen molar-refractivity contribution in [3.05, 3.63) is 80.7 Å². The highest BCUT2D eigenvalue weighted by Crippen LogP contribution is 2.34. The third-order valence-electron chi connectivity index (χ3n) is 5.90. The predicted molar refractivity (Wildman–Crippen MR) is 126 cm³/mol. The third-order valence-corrected chi connectivity index (χ3v) is 6.54. The normalized spacial score (nSPS) is 14.5. The van der Waals surface area contributed by atoms with E-state index in [1.165, 1.54) is 33.8 Å². The highest BCUT2D eigenvalue weighted by atomic mass is 35.5. The van der Waals surface area contributed by atoms with Crippen molar-refractivity contribution in [2.24, 2.45) is 5.92 Å². The van der Waals surface area contributed by atoms with Gasteiger partial charge in [-0.1, -0.05) is 29.3 Å². The largest absolute Gasteiger partial charge is 0.394 e.